The molecule has 0 bridgehead atoms. The standard InChI is InChI=1S/C15H28N2O3S/c1-19-8-2-9-20-14-3-6-17(7-4-14)15(18)11-13-12-21-10-5-16-13/h13-14,16H,2-12H2,1H3. The van der Waals surface area contributed by atoms with E-state index in [0.717, 1.165) is 63.6 Å². The summed E-state index contributed by atoms with van der Waals surface area (Å²) >= 11 is 1.94. The summed E-state index contributed by atoms with van der Waals surface area (Å²) in [6, 6.07) is 0.360. The summed E-state index contributed by atoms with van der Waals surface area (Å²) in [6.07, 6.45) is 3.83. The van der Waals surface area contributed by atoms with Gasteiger partial charge in [0, 0.05) is 63.9 Å². The van der Waals surface area contributed by atoms with Crippen molar-refractivity contribution in [3.8, 4) is 0 Å². The molecule has 0 radical (unpaired) electrons. The van der Waals surface area contributed by atoms with Crippen molar-refractivity contribution >= 4 is 17.7 Å². The van der Waals surface area contributed by atoms with Crippen molar-refractivity contribution in [2.45, 2.75) is 37.8 Å². The fourth-order valence-electron chi connectivity index (χ4n) is 2.82. The molecule has 21 heavy (non-hydrogen) atoms. The van der Waals surface area contributed by atoms with Crippen LogP contribution >= 0.6 is 11.8 Å². The van der Waals surface area contributed by atoms with Gasteiger partial charge in [0.25, 0.3) is 0 Å². The first-order valence-corrected chi connectivity index (χ1v) is 9.14. The predicted molar refractivity (Wildman–Crippen MR) is 85.8 cm³/mol. The molecular formula is C15H28N2O3S. The minimum absolute atomic E-state index is 0.299. The molecule has 2 heterocycles. The number of thioether (sulfide) groups is 1. The zero-order chi connectivity index (χ0) is 14.9. The quantitative estimate of drug-likeness (QED) is 0.714. The van der Waals surface area contributed by atoms with Gasteiger partial charge in [-0.15, -0.1) is 0 Å². The molecule has 2 saturated heterocycles. The minimum atomic E-state index is 0.299. The lowest BCUT2D eigenvalue weighted by Crippen LogP contribution is -2.45. The minimum Gasteiger partial charge on any atom is -0.385 e. The molecule has 2 aliphatic rings. The maximum Gasteiger partial charge on any atom is 0.224 e. The summed E-state index contributed by atoms with van der Waals surface area (Å²) in [5.74, 6) is 2.52. The van der Waals surface area contributed by atoms with E-state index < -0.39 is 0 Å². The van der Waals surface area contributed by atoms with E-state index in [0.29, 0.717) is 24.5 Å². The highest BCUT2D eigenvalue weighted by atomic mass is 32.2. The predicted octanol–water partition coefficient (Wildman–Crippen LogP) is 1.13. The Morgan fingerprint density at radius 3 is 2.81 bits per heavy atom. The summed E-state index contributed by atoms with van der Waals surface area (Å²) in [4.78, 5) is 14.3. The number of nitrogens with zero attached hydrogens (tertiary/aromatic N) is 1. The first-order chi connectivity index (χ1) is 10.3. The van der Waals surface area contributed by atoms with Gasteiger partial charge >= 0.3 is 0 Å². The third-order valence-electron chi connectivity index (χ3n) is 4.06. The molecule has 0 aromatic heterocycles. The van der Waals surface area contributed by atoms with Gasteiger partial charge in [-0.2, -0.15) is 11.8 Å². The van der Waals surface area contributed by atoms with E-state index in [1.165, 1.54) is 0 Å². The molecular weight excluding hydrogens is 288 g/mol. The molecule has 122 valence electrons. The number of hydrogen-bond acceptors (Lipinski definition) is 5. The Labute approximate surface area is 132 Å². The summed E-state index contributed by atoms with van der Waals surface area (Å²) in [5, 5.41) is 3.43. The Morgan fingerprint density at radius 2 is 2.14 bits per heavy atom. The van der Waals surface area contributed by atoms with Crippen LogP contribution < -0.4 is 5.32 Å². The normalized spacial score (nSPS) is 24.2. The van der Waals surface area contributed by atoms with Crippen molar-refractivity contribution in [2.24, 2.45) is 0 Å². The molecule has 1 atom stereocenters. The lowest BCUT2D eigenvalue weighted by molar-refractivity contribution is -0.134. The third-order valence-corrected chi connectivity index (χ3v) is 5.19. The molecule has 0 aromatic carbocycles. The highest BCUT2D eigenvalue weighted by molar-refractivity contribution is 7.99. The number of ether oxygens (including phenoxy) is 2. The van der Waals surface area contributed by atoms with Crippen LogP contribution in [0, 0.1) is 0 Å². The van der Waals surface area contributed by atoms with Gasteiger partial charge in [0.05, 0.1) is 6.10 Å². The molecule has 0 aliphatic carbocycles. The van der Waals surface area contributed by atoms with Crippen molar-refractivity contribution in [1.29, 1.82) is 0 Å². The monoisotopic (exact) mass is 316 g/mol. The van der Waals surface area contributed by atoms with E-state index in [9.17, 15) is 4.79 Å². The van der Waals surface area contributed by atoms with Crippen molar-refractivity contribution in [3.63, 3.8) is 0 Å². The summed E-state index contributed by atoms with van der Waals surface area (Å²) in [6.45, 7) is 4.22. The van der Waals surface area contributed by atoms with Crippen molar-refractivity contribution in [2.75, 3.05) is 51.5 Å². The lowest BCUT2D eigenvalue weighted by Gasteiger charge is -2.33. The number of hydrogen-bond donors (Lipinski definition) is 1. The molecule has 0 aromatic rings. The second kappa shape index (κ2) is 9.66. The topological polar surface area (TPSA) is 50.8 Å². The maximum atomic E-state index is 12.3. The highest BCUT2D eigenvalue weighted by Crippen LogP contribution is 2.17. The average molecular weight is 316 g/mol. The van der Waals surface area contributed by atoms with Gasteiger partial charge in [-0.1, -0.05) is 0 Å². The Balaban J connectivity index is 1.60. The van der Waals surface area contributed by atoms with Crippen molar-refractivity contribution in [3.05, 3.63) is 0 Å². The highest BCUT2D eigenvalue weighted by Gasteiger charge is 2.25. The van der Waals surface area contributed by atoms with Crippen LogP contribution in [0.15, 0.2) is 0 Å². The smallest absolute Gasteiger partial charge is 0.224 e. The fourth-order valence-corrected chi connectivity index (χ4v) is 3.76. The number of methoxy groups -OCH3 is 1. The largest absolute Gasteiger partial charge is 0.385 e. The SMILES string of the molecule is COCCCOC1CCN(C(=O)CC2CSCCN2)CC1. The molecule has 0 saturated carbocycles. The summed E-state index contributed by atoms with van der Waals surface area (Å²) in [7, 11) is 1.71. The van der Waals surface area contributed by atoms with Gasteiger partial charge in [0.1, 0.15) is 0 Å². The first kappa shape index (κ1) is 17.1. The van der Waals surface area contributed by atoms with Crippen molar-refractivity contribution in [1.82, 2.24) is 10.2 Å². The molecule has 6 heteroatoms. The van der Waals surface area contributed by atoms with Crippen LogP contribution in [-0.2, 0) is 14.3 Å². The van der Waals surface area contributed by atoms with E-state index in [1.54, 1.807) is 7.11 Å². The molecule has 1 N–H and O–H groups in total. The van der Waals surface area contributed by atoms with E-state index in [2.05, 4.69) is 5.32 Å². The number of nitrogens with one attached hydrogen (secondary N) is 1. The summed E-state index contributed by atoms with van der Waals surface area (Å²) in [5.41, 5.74) is 0. The van der Waals surface area contributed by atoms with Crippen LogP contribution in [0.25, 0.3) is 0 Å². The second-order valence-corrected chi connectivity index (χ2v) is 6.88. The first-order valence-electron chi connectivity index (χ1n) is 7.99. The molecule has 2 rings (SSSR count). The zero-order valence-corrected chi connectivity index (χ0v) is 13.8. The van der Waals surface area contributed by atoms with Crippen LogP contribution in [0.4, 0.5) is 0 Å². The maximum absolute atomic E-state index is 12.3. The Morgan fingerprint density at radius 1 is 1.33 bits per heavy atom. The third kappa shape index (κ3) is 6.14. The van der Waals surface area contributed by atoms with Crippen LogP contribution in [0.2, 0.25) is 0 Å². The van der Waals surface area contributed by atoms with Crippen LogP contribution in [0.3, 0.4) is 0 Å². The van der Waals surface area contributed by atoms with Gasteiger partial charge < -0.3 is 19.7 Å². The fraction of sp³-hybridized carbons (Fsp3) is 0.933. The van der Waals surface area contributed by atoms with E-state index >= 15 is 0 Å². The number of carbonyl (C=O) groups is 1. The van der Waals surface area contributed by atoms with Gasteiger partial charge in [-0.3, -0.25) is 4.79 Å². The van der Waals surface area contributed by atoms with Gasteiger partial charge in [0.2, 0.25) is 5.91 Å². The number of rotatable bonds is 7. The van der Waals surface area contributed by atoms with Crippen LogP contribution in [0.5, 0.6) is 0 Å². The Hall–Kier alpha value is -0.300. The number of carbonyl (C=O) groups excluding carboxylic acids is 1. The Bertz CT molecular complexity index is 303. The van der Waals surface area contributed by atoms with Gasteiger partial charge in [-0.05, 0) is 19.3 Å². The Kier molecular flexibility index (Phi) is 7.85. The average Bonchev–Trinajstić information content (AvgIpc) is 2.53. The molecule has 1 amide bonds. The van der Waals surface area contributed by atoms with Gasteiger partial charge in [0.15, 0.2) is 0 Å². The van der Waals surface area contributed by atoms with Gasteiger partial charge in [-0.25, -0.2) is 0 Å². The van der Waals surface area contributed by atoms with E-state index in [4.69, 9.17) is 9.47 Å². The number of likely N-dealkylation sites (tertiary alicyclic amines) is 1. The molecule has 1 unspecified atom stereocenters. The molecule has 5 nitrogen and oxygen atoms in total. The zero-order valence-electron chi connectivity index (χ0n) is 13.0. The van der Waals surface area contributed by atoms with Crippen molar-refractivity contribution < 1.29 is 14.3 Å². The lowest BCUT2D eigenvalue weighted by atomic mass is 10.1. The number of amides is 1. The van der Waals surface area contributed by atoms with Crippen LogP contribution in [-0.4, -0.2) is 74.4 Å². The van der Waals surface area contributed by atoms with E-state index in [1.807, 2.05) is 16.7 Å². The molecule has 2 fully saturated rings. The second-order valence-electron chi connectivity index (χ2n) is 5.73. The van der Waals surface area contributed by atoms with E-state index in [-0.39, 0.29) is 0 Å². The van der Waals surface area contributed by atoms with Crippen LogP contribution in [0.1, 0.15) is 25.7 Å². The molecule has 2 aliphatic heterocycles. The number of piperidine rings is 1. The summed E-state index contributed by atoms with van der Waals surface area (Å²) < 4.78 is 10.8. The molecule has 0 spiro atoms.